The Kier molecular flexibility index (Phi) is 7.63. The highest BCUT2D eigenvalue weighted by Crippen LogP contribution is 2.25. The molecule has 1 atom stereocenters. The summed E-state index contributed by atoms with van der Waals surface area (Å²) < 4.78 is 6.14. The third kappa shape index (κ3) is 6.29. The second-order valence-corrected chi connectivity index (χ2v) is 8.00. The number of amides is 3. The van der Waals surface area contributed by atoms with Crippen LogP contribution in [-0.2, 0) is 25.7 Å². The Labute approximate surface area is 172 Å². The van der Waals surface area contributed by atoms with Gasteiger partial charge in [-0.15, -0.1) is 0 Å². The average Bonchev–Trinajstić information content (AvgIpc) is 2.90. The number of nitrogens with zero attached hydrogens (tertiary/aromatic N) is 2. The molecule has 29 heavy (non-hydrogen) atoms. The molecule has 2 aliphatic rings. The standard InChI is InChI=1S/C22H31N3O4/c23-20(26)11-12-21(27)24-13-19(29-16-17-7-3-1-4-8-17)14-25(22(28)15-24)18-9-5-2-6-10-18/h1,3-4,7-8,18-19H,2,5-6,9-16H2,(H2,23,26). The fourth-order valence-electron chi connectivity index (χ4n) is 4.16. The van der Waals surface area contributed by atoms with Crippen LogP contribution < -0.4 is 5.73 Å². The predicted molar refractivity (Wildman–Crippen MR) is 109 cm³/mol. The molecule has 1 aliphatic heterocycles. The van der Waals surface area contributed by atoms with E-state index in [0.717, 1.165) is 31.2 Å². The molecule has 1 heterocycles. The highest BCUT2D eigenvalue weighted by molar-refractivity contribution is 5.87. The van der Waals surface area contributed by atoms with Crippen molar-refractivity contribution >= 4 is 17.7 Å². The molecule has 0 spiro atoms. The van der Waals surface area contributed by atoms with E-state index in [1.165, 1.54) is 11.3 Å². The molecular formula is C22H31N3O4. The maximum Gasteiger partial charge on any atom is 0.242 e. The lowest BCUT2D eigenvalue weighted by atomic mass is 9.94. The van der Waals surface area contributed by atoms with Crippen LogP contribution in [0.25, 0.3) is 0 Å². The maximum atomic E-state index is 13.0. The molecule has 2 N–H and O–H groups in total. The monoisotopic (exact) mass is 401 g/mol. The minimum Gasteiger partial charge on any atom is -0.370 e. The van der Waals surface area contributed by atoms with E-state index in [4.69, 9.17) is 10.5 Å². The van der Waals surface area contributed by atoms with Gasteiger partial charge in [0.25, 0.3) is 0 Å². The van der Waals surface area contributed by atoms with Gasteiger partial charge in [-0.05, 0) is 18.4 Å². The van der Waals surface area contributed by atoms with Crippen LogP contribution in [0.1, 0.15) is 50.5 Å². The molecule has 1 aliphatic carbocycles. The number of primary amides is 1. The summed E-state index contributed by atoms with van der Waals surface area (Å²) in [4.78, 5) is 40.1. The molecule has 0 bridgehead atoms. The predicted octanol–water partition coefficient (Wildman–Crippen LogP) is 1.84. The van der Waals surface area contributed by atoms with Crippen molar-refractivity contribution in [3.8, 4) is 0 Å². The van der Waals surface area contributed by atoms with E-state index >= 15 is 0 Å². The van der Waals surface area contributed by atoms with Crippen LogP contribution >= 0.6 is 0 Å². The number of ether oxygens (including phenoxy) is 1. The zero-order valence-corrected chi connectivity index (χ0v) is 16.9. The molecule has 1 aromatic rings. The lowest BCUT2D eigenvalue weighted by Gasteiger charge is -2.34. The van der Waals surface area contributed by atoms with Gasteiger partial charge in [0.05, 0.1) is 19.3 Å². The van der Waals surface area contributed by atoms with E-state index < -0.39 is 5.91 Å². The SMILES string of the molecule is NC(=O)CCC(=O)N1CC(=O)N(C2CCCCC2)CC(OCc2ccccc2)C1. The number of rotatable bonds is 7. The second-order valence-electron chi connectivity index (χ2n) is 8.00. The van der Waals surface area contributed by atoms with Gasteiger partial charge in [0.2, 0.25) is 17.7 Å². The van der Waals surface area contributed by atoms with Crippen LogP contribution in [0.2, 0.25) is 0 Å². The molecule has 0 radical (unpaired) electrons. The minimum absolute atomic E-state index is 0.00853. The highest BCUT2D eigenvalue weighted by Gasteiger charge is 2.34. The summed E-state index contributed by atoms with van der Waals surface area (Å²) in [5.41, 5.74) is 6.23. The van der Waals surface area contributed by atoms with Crippen molar-refractivity contribution in [1.29, 1.82) is 0 Å². The summed E-state index contributed by atoms with van der Waals surface area (Å²) in [6.45, 7) is 1.32. The van der Waals surface area contributed by atoms with Gasteiger partial charge < -0.3 is 20.3 Å². The van der Waals surface area contributed by atoms with E-state index in [1.54, 1.807) is 0 Å². The van der Waals surface area contributed by atoms with Crippen LogP contribution in [0, 0.1) is 0 Å². The molecule has 0 aromatic heterocycles. The van der Waals surface area contributed by atoms with E-state index in [1.807, 2.05) is 35.2 Å². The molecular weight excluding hydrogens is 370 g/mol. The lowest BCUT2D eigenvalue weighted by Crippen LogP contribution is -2.46. The summed E-state index contributed by atoms with van der Waals surface area (Å²) >= 11 is 0. The molecule has 7 heteroatoms. The first kappa shape index (κ1) is 21.3. The molecule has 2 fully saturated rings. The average molecular weight is 402 g/mol. The Morgan fingerprint density at radius 1 is 1.03 bits per heavy atom. The first-order chi connectivity index (χ1) is 14.0. The van der Waals surface area contributed by atoms with Gasteiger partial charge in [0.15, 0.2) is 0 Å². The van der Waals surface area contributed by atoms with Gasteiger partial charge in [-0.3, -0.25) is 14.4 Å². The van der Waals surface area contributed by atoms with Crippen molar-refractivity contribution in [2.75, 3.05) is 19.6 Å². The summed E-state index contributed by atoms with van der Waals surface area (Å²) in [6, 6.07) is 10.1. The molecule has 1 unspecified atom stereocenters. The van der Waals surface area contributed by atoms with Crippen molar-refractivity contribution in [2.24, 2.45) is 5.73 Å². The molecule has 7 nitrogen and oxygen atoms in total. The Morgan fingerprint density at radius 3 is 2.45 bits per heavy atom. The number of carbonyl (C=O) groups excluding carboxylic acids is 3. The number of carbonyl (C=O) groups is 3. The number of nitrogens with two attached hydrogens (primary N) is 1. The summed E-state index contributed by atoms with van der Waals surface area (Å²) in [7, 11) is 0. The lowest BCUT2D eigenvalue weighted by molar-refractivity contribution is -0.140. The van der Waals surface area contributed by atoms with Crippen molar-refractivity contribution in [2.45, 2.75) is 63.7 Å². The van der Waals surface area contributed by atoms with Crippen molar-refractivity contribution < 1.29 is 19.1 Å². The fraction of sp³-hybridized carbons (Fsp3) is 0.591. The van der Waals surface area contributed by atoms with Gasteiger partial charge in [-0.25, -0.2) is 0 Å². The van der Waals surface area contributed by atoms with Crippen LogP contribution in [0.4, 0.5) is 0 Å². The first-order valence-electron chi connectivity index (χ1n) is 10.5. The smallest absolute Gasteiger partial charge is 0.242 e. The fourth-order valence-corrected chi connectivity index (χ4v) is 4.16. The van der Waals surface area contributed by atoms with Crippen molar-refractivity contribution in [3.05, 3.63) is 35.9 Å². The molecule has 3 amide bonds. The molecule has 1 aromatic carbocycles. The highest BCUT2D eigenvalue weighted by atomic mass is 16.5. The summed E-state index contributed by atoms with van der Waals surface area (Å²) in [5, 5.41) is 0. The molecule has 1 saturated carbocycles. The Morgan fingerprint density at radius 2 is 1.76 bits per heavy atom. The van der Waals surface area contributed by atoms with Crippen LogP contribution in [0.15, 0.2) is 30.3 Å². The third-order valence-electron chi connectivity index (χ3n) is 5.75. The van der Waals surface area contributed by atoms with Crippen molar-refractivity contribution in [3.63, 3.8) is 0 Å². The van der Waals surface area contributed by atoms with Gasteiger partial charge in [0.1, 0.15) is 0 Å². The number of hydrogen-bond donors (Lipinski definition) is 1. The van der Waals surface area contributed by atoms with Gasteiger partial charge in [-0.1, -0.05) is 49.6 Å². The van der Waals surface area contributed by atoms with Gasteiger partial charge >= 0.3 is 0 Å². The zero-order valence-electron chi connectivity index (χ0n) is 16.9. The Bertz CT molecular complexity index is 703. The Hall–Kier alpha value is -2.41. The topological polar surface area (TPSA) is 92.9 Å². The van der Waals surface area contributed by atoms with E-state index in [2.05, 4.69) is 0 Å². The minimum atomic E-state index is -0.514. The Balaban J connectivity index is 1.70. The third-order valence-corrected chi connectivity index (χ3v) is 5.75. The maximum absolute atomic E-state index is 13.0. The second kappa shape index (κ2) is 10.4. The normalized spacial score (nSPS) is 21.1. The number of benzene rings is 1. The molecule has 1 saturated heterocycles. The van der Waals surface area contributed by atoms with E-state index in [9.17, 15) is 14.4 Å². The zero-order chi connectivity index (χ0) is 20.6. The van der Waals surface area contributed by atoms with Crippen LogP contribution in [-0.4, -0.2) is 59.3 Å². The largest absolute Gasteiger partial charge is 0.370 e. The number of hydrogen-bond acceptors (Lipinski definition) is 4. The van der Waals surface area contributed by atoms with Crippen LogP contribution in [0.5, 0.6) is 0 Å². The molecule has 158 valence electrons. The quantitative estimate of drug-likeness (QED) is 0.754. The summed E-state index contributed by atoms with van der Waals surface area (Å²) in [6.07, 6.45) is 5.24. The van der Waals surface area contributed by atoms with Gasteiger partial charge in [0, 0.05) is 32.0 Å². The molecule has 3 rings (SSSR count). The summed E-state index contributed by atoms with van der Waals surface area (Å²) in [5.74, 6) is -0.772. The van der Waals surface area contributed by atoms with Crippen molar-refractivity contribution in [1.82, 2.24) is 9.80 Å². The van der Waals surface area contributed by atoms with E-state index in [0.29, 0.717) is 19.7 Å². The van der Waals surface area contributed by atoms with Crippen LogP contribution in [0.3, 0.4) is 0 Å². The van der Waals surface area contributed by atoms with E-state index in [-0.39, 0.29) is 43.3 Å². The first-order valence-corrected chi connectivity index (χ1v) is 10.5. The van der Waals surface area contributed by atoms with Gasteiger partial charge in [-0.2, -0.15) is 0 Å².